The van der Waals surface area contributed by atoms with E-state index >= 15 is 0 Å². The Morgan fingerprint density at radius 3 is 2.32 bits per heavy atom. The summed E-state index contributed by atoms with van der Waals surface area (Å²) >= 11 is 0. The molecule has 110 valence electrons. The van der Waals surface area contributed by atoms with Gasteiger partial charge in [0.05, 0.1) is 5.75 Å². The van der Waals surface area contributed by atoms with Gasteiger partial charge in [0.2, 0.25) is 11.8 Å². The molecule has 0 aromatic rings. The number of hydrogen-bond donors (Lipinski definition) is 1. The molecule has 0 saturated carbocycles. The summed E-state index contributed by atoms with van der Waals surface area (Å²) < 4.78 is 22.5. The predicted octanol–water partition coefficient (Wildman–Crippen LogP) is -0.207. The minimum Gasteiger partial charge on any atom is -0.343 e. The van der Waals surface area contributed by atoms with Gasteiger partial charge in [0, 0.05) is 12.8 Å². The first-order valence-corrected chi connectivity index (χ1v) is 8.52. The maximum absolute atomic E-state index is 12.3. The van der Waals surface area contributed by atoms with Crippen molar-refractivity contribution >= 4 is 21.7 Å². The third-order valence-electron chi connectivity index (χ3n) is 3.24. The number of piperazine rings is 1. The number of nitrogens with zero attached hydrogens (tertiary/aromatic N) is 1. The van der Waals surface area contributed by atoms with Gasteiger partial charge in [-0.05, 0) is 12.3 Å². The molecule has 2 unspecified atom stereocenters. The van der Waals surface area contributed by atoms with Crippen molar-refractivity contribution in [2.45, 2.75) is 39.3 Å². The molecule has 0 aliphatic carbocycles. The maximum atomic E-state index is 12.3. The van der Waals surface area contributed by atoms with E-state index < -0.39 is 21.9 Å². The average Bonchev–Trinajstić information content (AvgIpc) is 2.27. The normalized spacial score (nSPS) is 24.8. The Labute approximate surface area is 114 Å². The van der Waals surface area contributed by atoms with Gasteiger partial charge in [-0.2, -0.15) is 0 Å². The zero-order chi connectivity index (χ0) is 14.8. The van der Waals surface area contributed by atoms with Crippen LogP contribution in [0.2, 0.25) is 0 Å². The largest absolute Gasteiger partial charge is 0.343 e. The van der Waals surface area contributed by atoms with E-state index in [2.05, 4.69) is 5.32 Å². The monoisotopic (exact) mass is 290 g/mol. The van der Waals surface area contributed by atoms with E-state index in [4.69, 9.17) is 0 Å². The van der Waals surface area contributed by atoms with Gasteiger partial charge in [0.1, 0.15) is 21.9 Å². The third kappa shape index (κ3) is 3.92. The van der Waals surface area contributed by atoms with E-state index in [1.807, 2.05) is 20.8 Å². The predicted molar refractivity (Wildman–Crippen MR) is 72.3 cm³/mol. The second-order valence-corrected chi connectivity index (χ2v) is 7.58. The molecule has 19 heavy (non-hydrogen) atoms. The van der Waals surface area contributed by atoms with Crippen molar-refractivity contribution in [2.75, 3.05) is 18.6 Å². The first-order chi connectivity index (χ1) is 8.67. The molecule has 1 heterocycles. The molecule has 1 aliphatic rings. The fourth-order valence-corrected chi connectivity index (χ4v) is 2.78. The quantitative estimate of drug-likeness (QED) is 0.759. The van der Waals surface area contributed by atoms with Crippen molar-refractivity contribution in [3.05, 3.63) is 0 Å². The molecule has 2 amide bonds. The highest BCUT2D eigenvalue weighted by Crippen LogP contribution is 2.18. The molecule has 0 aromatic carbocycles. The second-order valence-electron chi connectivity index (χ2n) is 5.32. The second kappa shape index (κ2) is 5.90. The van der Waals surface area contributed by atoms with Gasteiger partial charge in [-0.3, -0.25) is 9.59 Å². The summed E-state index contributed by atoms with van der Waals surface area (Å²) in [4.78, 5) is 25.7. The Morgan fingerprint density at radius 1 is 1.32 bits per heavy atom. The first-order valence-electron chi connectivity index (χ1n) is 6.46. The molecular weight excluding hydrogens is 268 g/mol. The molecule has 1 aliphatic heterocycles. The van der Waals surface area contributed by atoms with E-state index in [1.165, 1.54) is 4.90 Å². The summed E-state index contributed by atoms with van der Waals surface area (Å²) in [5, 5.41) is 2.69. The lowest BCUT2D eigenvalue weighted by atomic mass is 9.96. The van der Waals surface area contributed by atoms with Crippen molar-refractivity contribution in [1.82, 2.24) is 10.2 Å². The number of carbonyl (C=O) groups excluding carboxylic acids is 2. The van der Waals surface area contributed by atoms with Crippen LogP contribution in [-0.2, 0) is 19.4 Å². The minimum absolute atomic E-state index is 0.0543. The van der Waals surface area contributed by atoms with Gasteiger partial charge in [-0.25, -0.2) is 8.42 Å². The molecular formula is C12H22N2O4S. The van der Waals surface area contributed by atoms with Crippen LogP contribution < -0.4 is 5.32 Å². The Kier molecular flexibility index (Phi) is 4.95. The van der Waals surface area contributed by atoms with Crippen molar-refractivity contribution in [1.29, 1.82) is 0 Å². The summed E-state index contributed by atoms with van der Waals surface area (Å²) in [7, 11) is -3.16. The zero-order valence-corrected chi connectivity index (χ0v) is 12.7. The van der Waals surface area contributed by atoms with E-state index in [9.17, 15) is 18.0 Å². The van der Waals surface area contributed by atoms with Crippen LogP contribution in [0.15, 0.2) is 0 Å². The summed E-state index contributed by atoms with van der Waals surface area (Å²) in [5.74, 6) is -0.563. The maximum Gasteiger partial charge on any atom is 0.245 e. The highest BCUT2D eigenvalue weighted by atomic mass is 32.2. The summed E-state index contributed by atoms with van der Waals surface area (Å²) in [6.45, 7) is 5.58. The van der Waals surface area contributed by atoms with Gasteiger partial charge in [0.25, 0.3) is 0 Å². The Hall–Kier alpha value is -1.11. The third-order valence-corrected chi connectivity index (χ3v) is 4.17. The lowest BCUT2D eigenvalue weighted by Crippen LogP contribution is -2.65. The van der Waals surface area contributed by atoms with Crippen molar-refractivity contribution in [2.24, 2.45) is 5.92 Å². The van der Waals surface area contributed by atoms with Crippen LogP contribution in [0.1, 0.15) is 27.2 Å². The Morgan fingerprint density at radius 2 is 1.89 bits per heavy atom. The first kappa shape index (κ1) is 15.9. The molecule has 1 saturated heterocycles. The highest BCUT2D eigenvalue weighted by Gasteiger charge is 2.41. The molecule has 2 atom stereocenters. The topological polar surface area (TPSA) is 83.6 Å². The number of nitrogens with one attached hydrogen (secondary N) is 1. The van der Waals surface area contributed by atoms with Crippen LogP contribution in [0.3, 0.4) is 0 Å². The molecule has 0 spiro atoms. The van der Waals surface area contributed by atoms with Gasteiger partial charge in [-0.1, -0.05) is 20.8 Å². The Balaban J connectivity index is 2.96. The van der Waals surface area contributed by atoms with E-state index in [0.29, 0.717) is 6.42 Å². The van der Waals surface area contributed by atoms with Crippen molar-refractivity contribution in [3.8, 4) is 0 Å². The van der Waals surface area contributed by atoms with Gasteiger partial charge >= 0.3 is 0 Å². The molecule has 1 rings (SSSR count). The zero-order valence-electron chi connectivity index (χ0n) is 11.8. The minimum atomic E-state index is -3.16. The number of hydrogen-bond acceptors (Lipinski definition) is 4. The molecule has 0 aromatic heterocycles. The van der Waals surface area contributed by atoms with Crippen LogP contribution in [0.25, 0.3) is 0 Å². The van der Waals surface area contributed by atoms with Crippen LogP contribution in [0, 0.1) is 5.92 Å². The van der Waals surface area contributed by atoms with Gasteiger partial charge < -0.3 is 10.2 Å². The smallest absolute Gasteiger partial charge is 0.245 e. The molecule has 0 radical (unpaired) electrons. The van der Waals surface area contributed by atoms with Crippen LogP contribution in [-0.4, -0.2) is 55.8 Å². The van der Waals surface area contributed by atoms with E-state index in [-0.39, 0.29) is 30.0 Å². The summed E-state index contributed by atoms with van der Waals surface area (Å²) in [6.07, 6.45) is 1.63. The SMILES string of the molecule is CCC1NC(=O)C(C(C)C)N(CCS(C)(=O)=O)C1=O. The summed E-state index contributed by atoms with van der Waals surface area (Å²) in [5.41, 5.74) is 0. The fraction of sp³-hybridized carbons (Fsp3) is 0.833. The number of rotatable bonds is 5. The van der Waals surface area contributed by atoms with Gasteiger partial charge in [-0.15, -0.1) is 0 Å². The van der Waals surface area contributed by atoms with Crippen molar-refractivity contribution < 1.29 is 18.0 Å². The Bertz CT molecular complexity index is 458. The van der Waals surface area contributed by atoms with Crippen LogP contribution in [0.4, 0.5) is 0 Å². The number of sulfone groups is 1. The summed E-state index contributed by atoms with van der Waals surface area (Å²) in [6, 6.07) is -1.13. The molecule has 7 heteroatoms. The van der Waals surface area contributed by atoms with Gasteiger partial charge in [0.15, 0.2) is 0 Å². The lowest BCUT2D eigenvalue weighted by molar-refractivity contribution is -0.150. The molecule has 0 bridgehead atoms. The standard InChI is InChI=1S/C12H22N2O4S/c1-5-9-12(16)14(6-7-19(4,17)18)10(8(2)3)11(15)13-9/h8-10H,5-7H2,1-4H3,(H,13,15). The molecule has 1 N–H and O–H groups in total. The lowest BCUT2D eigenvalue weighted by Gasteiger charge is -2.40. The molecule has 6 nitrogen and oxygen atoms in total. The number of carbonyl (C=O) groups is 2. The van der Waals surface area contributed by atoms with Crippen LogP contribution >= 0.6 is 0 Å². The molecule has 1 fully saturated rings. The number of amides is 2. The van der Waals surface area contributed by atoms with E-state index in [0.717, 1.165) is 6.26 Å². The highest BCUT2D eigenvalue weighted by molar-refractivity contribution is 7.90. The fourth-order valence-electron chi connectivity index (χ4n) is 2.25. The van der Waals surface area contributed by atoms with Crippen molar-refractivity contribution in [3.63, 3.8) is 0 Å². The van der Waals surface area contributed by atoms with E-state index in [1.54, 1.807) is 0 Å². The van der Waals surface area contributed by atoms with Crippen LogP contribution in [0.5, 0.6) is 0 Å². The average molecular weight is 290 g/mol.